The van der Waals surface area contributed by atoms with Crippen LogP contribution in [-0.4, -0.2) is 5.33 Å². The highest BCUT2D eigenvalue weighted by Crippen LogP contribution is 2.28. The van der Waals surface area contributed by atoms with Crippen LogP contribution in [0.5, 0.6) is 0 Å². The van der Waals surface area contributed by atoms with Crippen LogP contribution in [0.4, 0.5) is 0 Å². The van der Waals surface area contributed by atoms with Gasteiger partial charge in [-0.1, -0.05) is 66.5 Å². The van der Waals surface area contributed by atoms with Gasteiger partial charge in [-0.15, -0.1) is 0 Å². The van der Waals surface area contributed by atoms with Gasteiger partial charge in [-0.25, -0.2) is 0 Å². The molecule has 0 unspecified atom stereocenters. The maximum Gasteiger partial charge on any atom is 0.0245 e. The lowest BCUT2D eigenvalue weighted by Gasteiger charge is -2.23. The SMILES string of the molecule is CCC(C)(C)c1ccc(/C(C)=C(/C)CBr)cc1. The van der Waals surface area contributed by atoms with Crippen LogP contribution in [0.25, 0.3) is 5.57 Å². The second-order valence-electron chi connectivity index (χ2n) is 5.35. The van der Waals surface area contributed by atoms with Crippen LogP contribution in [-0.2, 0) is 5.41 Å². The van der Waals surface area contributed by atoms with Gasteiger partial charge in [0.15, 0.2) is 0 Å². The molecule has 1 heteroatoms. The molecule has 0 saturated heterocycles. The minimum Gasteiger partial charge on any atom is -0.0880 e. The lowest BCUT2D eigenvalue weighted by Crippen LogP contribution is -2.15. The lowest BCUT2D eigenvalue weighted by molar-refractivity contribution is 0.506. The standard InChI is InChI=1S/C16H23Br/c1-6-16(4,5)15-9-7-14(8-10-15)13(3)12(2)11-17/h7-10H,6,11H2,1-5H3/b13-12-. The van der Waals surface area contributed by atoms with Crippen molar-refractivity contribution >= 4 is 21.5 Å². The zero-order valence-electron chi connectivity index (χ0n) is 11.6. The summed E-state index contributed by atoms with van der Waals surface area (Å²) in [6, 6.07) is 9.02. The molecule has 17 heavy (non-hydrogen) atoms. The summed E-state index contributed by atoms with van der Waals surface area (Å²) in [5.74, 6) is 0. The second-order valence-corrected chi connectivity index (χ2v) is 5.91. The van der Waals surface area contributed by atoms with Crippen LogP contribution in [0, 0.1) is 0 Å². The summed E-state index contributed by atoms with van der Waals surface area (Å²) < 4.78 is 0. The quantitative estimate of drug-likeness (QED) is 0.638. The van der Waals surface area contributed by atoms with Gasteiger partial charge in [0.25, 0.3) is 0 Å². The Morgan fingerprint density at radius 1 is 1.12 bits per heavy atom. The monoisotopic (exact) mass is 294 g/mol. The summed E-state index contributed by atoms with van der Waals surface area (Å²) in [5, 5.41) is 0.945. The molecule has 1 aromatic carbocycles. The molecule has 0 spiro atoms. The van der Waals surface area contributed by atoms with Crippen molar-refractivity contribution in [1.82, 2.24) is 0 Å². The summed E-state index contributed by atoms with van der Waals surface area (Å²) in [4.78, 5) is 0. The highest BCUT2D eigenvalue weighted by Gasteiger charge is 2.17. The first-order valence-electron chi connectivity index (χ1n) is 6.25. The van der Waals surface area contributed by atoms with Gasteiger partial charge in [-0.3, -0.25) is 0 Å². The van der Waals surface area contributed by atoms with Crippen LogP contribution in [0.1, 0.15) is 52.2 Å². The van der Waals surface area contributed by atoms with Crippen molar-refractivity contribution in [2.45, 2.75) is 46.5 Å². The largest absolute Gasteiger partial charge is 0.0880 e. The molecule has 0 aliphatic heterocycles. The maximum atomic E-state index is 3.51. The van der Waals surface area contributed by atoms with Crippen LogP contribution < -0.4 is 0 Å². The normalized spacial score (nSPS) is 13.5. The van der Waals surface area contributed by atoms with E-state index in [4.69, 9.17) is 0 Å². The van der Waals surface area contributed by atoms with Gasteiger partial charge in [-0.2, -0.15) is 0 Å². The predicted molar refractivity (Wildman–Crippen MR) is 81.8 cm³/mol. The first kappa shape index (κ1) is 14.5. The lowest BCUT2D eigenvalue weighted by atomic mass is 9.82. The highest BCUT2D eigenvalue weighted by atomic mass is 79.9. The van der Waals surface area contributed by atoms with Gasteiger partial charge in [0, 0.05) is 5.33 Å². The Labute approximate surface area is 114 Å². The van der Waals surface area contributed by atoms with Crippen molar-refractivity contribution < 1.29 is 0 Å². The highest BCUT2D eigenvalue weighted by molar-refractivity contribution is 9.09. The van der Waals surface area contributed by atoms with E-state index in [1.807, 2.05) is 0 Å². The second kappa shape index (κ2) is 5.86. The van der Waals surface area contributed by atoms with E-state index >= 15 is 0 Å². The number of rotatable bonds is 4. The summed E-state index contributed by atoms with van der Waals surface area (Å²) in [5.41, 5.74) is 5.81. The van der Waals surface area contributed by atoms with E-state index in [-0.39, 0.29) is 5.41 Å². The zero-order chi connectivity index (χ0) is 13.1. The molecular weight excluding hydrogens is 272 g/mol. The Balaban J connectivity index is 3.05. The van der Waals surface area contributed by atoms with Crippen molar-refractivity contribution in [3.8, 4) is 0 Å². The van der Waals surface area contributed by atoms with Crippen molar-refractivity contribution in [2.75, 3.05) is 5.33 Å². The average Bonchev–Trinajstić information content (AvgIpc) is 2.37. The fourth-order valence-corrected chi connectivity index (χ4v) is 2.14. The molecule has 0 fully saturated rings. The third kappa shape index (κ3) is 3.45. The summed E-state index contributed by atoms with van der Waals surface area (Å²) in [6.07, 6.45) is 1.17. The van der Waals surface area contributed by atoms with Crippen LogP contribution in [0.3, 0.4) is 0 Å². The first-order chi connectivity index (χ1) is 7.92. The topological polar surface area (TPSA) is 0 Å². The van der Waals surface area contributed by atoms with E-state index in [0.29, 0.717) is 0 Å². The van der Waals surface area contributed by atoms with Gasteiger partial charge in [0.05, 0.1) is 0 Å². The van der Waals surface area contributed by atoms with Gasteiger partial charge >= 0.3 is 0 Å². The minimum absolute atomic E-state index is 0.278. The minimum atomic E-state index is 0.278. The maximum absolute atomic E-state index is 3.51. The van der Waals surface area contributed by atoms with E-state index in [2.05, 4.69) is 74.8 Å². The number of hydrogen-bond acceptors (Lipinski definition) is 0. The molecule has 0 saturated carbocycles. The third-order valence-electron chi connectivity index (χ3n) is 3.82. The number of halogens is 1. The van der Waals surface area contributed by atoms with Crippen molar-refractivity contribution in [1.29, 1.82) is 0 Å². The summed E-state index contributed by atoms with van der Waals surface area (Å²) in [6.45, 7) is 11.2. The zero-order valence-corrected chi connectivity index (χ0v) is 13.2. The van der Waals surface area contributed by atoms with Crippen LogP contribution in [0.15, 0.2) is 29.8 Å². The van der Waals surface area contributed by atoms with Crippen LogP contribution >= 0.6 is 15.9 Å². The van der Waals surface area contributed by atoms with Crippen molar-refractivity contribution in [3.05, 3.63) is 41.0 Å². The van der Waals surface area contributed by atoms with E-state index in [0.717, 1.165) is 5.33 Å². The number of hydrogen-bond donors (Lipinski definition) is 0. The summed E-state index contributed by atoms with van der Waals surface area (Å²) in [7, 11) is 0. The molecule has 0 aromatic heterocycles. The van der Waals surface area contributed by atoms with E-state index in [9.17, 15) is 0 Å². The fourth-order valence-electron chi connectivity index (χ4n) is 1.72. The molecule has 0 atom stereocenters. The first-order valence-corrected chi connectivity index (χ1v) is 7.37. The Bertz CT molecular complexity index is 396. The Morgan fingerprint density at radius 3 is 2.06 bits per heavy atom. The van der Waals surface area contributed by atoms with Gasteiger partial charge in [-0.05, 0) is 42.4 Å². The van der Waals surface area contributed by atoms with Gasteiger partial charge in [0.2, 0.25) is 0 Å². The number of allylic oxidation sites excluding steroid dienone is 2. The predicted octanol–water partition coefficient (Wildman–Crippen LogP) is 5.56. The smallest absolute Gasteiger partial charge is 0.0245 e. The molecule has 94 valence electrons. The van der Waals surface area contributed by atoms with E-state index in [1.54, 1.807) is 0 Å². The molecule has 0 heterocycles. The average molecular weight is 295 g/mol. The molecule has 1 aromatic rings. The Kier molecular flexibility index (Phi) is 5.00. The molecule has 0 radical (unpaired) electrons. The molecule has 0 bridgehead atoms. The molecule has 0 amide bonds. The van der Waals surface area contributed by atoms with Crippen LogP contribution in [0.2, 0.25) is 0 Å². The molecule has 0 aliphatic carbocycles. The van der Waals surface area contributed by atoms with Gasteiger partial charge < -0.3 is 0 Å². The fraction of sp³-hybridized carbons (Fsp3) is 0.500. The molecule has 1 rings (SSSR count). The summed E-state index contributed by atoms with van der Waals surface area (Å²) >= 11 is 3.51. The number of alkyl halides is 1. The third-order valence-corrected chi connectivity index (χ3v) is 4.66. The van der Waals surface area contributed by atoms with Crippen molar-refractivity contribution in [3.63, 3.8) is 0 Å². The molecule has 0 aliphatic rings. The Hall–Kier alpha value is -0.560. The van der Waals surface area contributed by atoms with E-state index in [1.165, 1.54) is 28.7 Å². The van der Waals surface area contributed by atoms with Crippen molar-refractivity contribution in [2.24, 2.45) is 0 Å². The van der Waals surface area contributed by atoms with E-state index < -0.39 is 0 Å². The molecule has 0 nitrogen and oxygen atoms in total. The molecular formula is C16H23Br. The van der Waals surface area contributed by atoms with Gasteiger partial charge in [0.1, 0.15) is 0 Å². The Morgan fingerprint density at radius 2 is 1.65 bits per heavy atom. The molecule has 0 N–H and O–H groups in total. The number of benzene rings is 1.